The number of thiazole rings is 1. The first-order chi connectivity index (χ1) is 11.6. The quantitative estimate of drug-likeness (QED) is 0.604. The first-order valence-electron chi connectivity index (χ1n) is 6.94. The molecule has 1 heterocycles. The number of benzene rings is 2. The topological polar surface area (TPSA) is 51.2 Å². The summed E-state index contributed by atoms with van der Waals surface area (Å²) in [7, 11) is 1.61. The number of hydrogen-bond donors (Lipinski definition) is 1. The Kier molecular flexibility index (Phi) is 5.18. The van der Waals surface area contributed by atoms with Crippen molar-refractivity contribution in [2.45, 2.75) is 0 Å². The Morgan fingerprint density at radius 1 is 1.29 bits per heavy atom. The molecule has 3 aromatic rings. The van der Waals surface area contributed by atoms with Gasteiger partial charge in [0.25, 0.3) is 5.91 Å². The molecule has 0 atom stereocenters. The number of nitrogens with zero attached hydrogens (tertiary/aromatic N) is 1. The summed E-state index contributed by atoms with van der Waals surface area (Å²) in [5.74, 6) is 0.429. The van der Waals surface area contributed by atoms with Crippen molar-refractivity contribution in [1.29, 1.82) is 0 Å². The number of carbonyl (C=O) groups excluding carboxylic acids is 1. The van der Waals surface area contributed by atoms with Crippen molar-refractivity contribution in [1.82, 2.24) is 4.98 Å². The number of methoxy groups -OCH3 is 1. The summed E-state index contributed by atoms with van der Waals surface area (Å²) in [6.07, 6.45) is 0. The number of halogens is 2. The van der Waals surface area contributed by atoms with Crippen molar-refractivity contribution in [2.75, 3.05) is 12.4 Å². The van der Waals surface area contributed by atoms with Crippen LogP contribution in [0.4, 0.5) is 5.13 Å². The lowest BCUT2D eigenvalue weighted by molar-refractivity contribution is 0.102. The van der Waals surface area contributed by atoms with E-state index in [4.69, 9.17) is 16.3 Å². The van der Waals surface area contributed by atoms with Gasteiger partial charge >= 0.3 is 0 Å². The highest BCUT2D eigenvalue weighted by Gasteiger charge is 2.14. The third kappa shape index (κ3) is 3.61. The maximum absolute atomic E-state index is 12.4. The van der Waals surface area contributed by atoms with Gasteiger partial charge in [0.15, 0.2) is 5.13 Å². The predicted molar refractivity (Wildman–Crippen MR) is 101 cm³/mol. The zero-order chi connectivity index (χ0) is 17.1. The maximum Gasteiger partial charge on any atom is 0.258 e. The molecule has 0 aliphatic rings. The summed E-state index contributed by atoms with van der Waals surface area (Å²) in [4.78, 5) is 16.8. The largest absolute Gasteiger partial charge is 0.496 e. The van der Waals surface area contributed by atoms with E-state index in [-0.39, 0.29) is 5.91 Å². The third-order valence-electron chi connectivity index (χ3n) is 3.28. The summed E-state index contributed by atoms with van der Waals surface area (Å²) < 4.78 is 6.13. The first-order valence-corrected chi connectivity index (χ1v) is 8.99. The zero-order valence-corrected chi connectivity index (χ0v) is 15.7. The average molecular weight is 424 g/mol. The Balaban J connectivity index is 1.84. The van der Waals surface area contributed by atoms with Crippen LogP contribution in [0.1, 0.15) is 10.4 Å². The Labute approximate surface area is 156 Å². The number of rotatable bonds is 4. The number of aromatic nitrogens is 1. The fraction of sp³-hybridized carbons (Fsp3) is 0.0588. The molecule has 0 spiro atoms. The molecular formula is C17H12BrClN2O2S. The molecule has 3 rings (SSSR count). The van der Waals surface area contributed by atoms with Gasteiger partial charge in [-0.3, -0.25) is 10.1 Å². The second-order valence-corrected chi connectivity index (χ2v) is 7.00. The van der Waals surface area contributed by atoms with Crippen LogP contribution in [0.5, 0.6) is 5.75 Å². The fourth-order valence-electron chi connectivity index (χ4n) is 2.15. The van der Waals surface area contributed by atoms with Crippen LogP contribution in [-0.2, 0) is 0 Å². The normalized spacial score (nSPS) is 10.5. The summed E-state index contributed by atoms with van der Waals surface area (Å²) >= 11 is 10.8. The Hall–Kier alpha value is -1.89. The molecule has 0 aliphatic carbocycles. The number of nitrogens with one attached hydrogen (secondary N) is 1. The van der Waals surface area contributed by atoms with E-state index in [0.29, 0.717) is 15.7 Å². The minimum absolute atomic E-state index is 0.303. The van der Waals surface area contributed by atoms with Crippen LogP contribution >= 0.6 is 38.9 Å². The van der Waals surface area contributed by atoms with E-state index in [0.717, 1.165) is 21.5 Å². The molecule has 2 aromatic carbocycles. The van der Waals surface area contributed by atoms with Crippen LogP contribution in [0.2, 0.25) is 5.02 Å². The van der Waals surface area contributed by atoms with Gasteiger partial charge in [0.1, 0.15) is 5.75 Å². The predicted octanol–water partition coefficient (Wildman–Crippen LogP) is 5.49. The molecule has 0 saturated carbocycles. The lowest BCUT2D eigenvalue weighted by Gasteiger charge is -2.06. The number of amides is 1. The summed E-state index contributed by atoms with van der Waals surface area (Å²) in [6, 6.07) is 12.7. The van der Waals surface area contributed by atoms with E-state index in [1.165, 1.54) is 11.3 Å². The van der Waals surface area contributed by atoms with E-state index in [1.54, 1.807) is 25.3 Å². The van der Waals surface area contributed by atoms with Gasteiger partial charge in [0.2, 0.25) is 0 Å². The SMILES string of the molecule is COc1ccccc1-c1csc(NC(=O)c2cc(Br)ccc2Cl)n1. The Morgan fingerprint density at radius 3 is 2.88 bits per heavy atom. The van der Waals surface area contributed by atoms with E-state index in [2.05, 4.69) is 26.2 Å². The van der Waals surface area contributed by atoms with Gasteiger partial charge < -0.3 is 4.74 Å². The van der Waals surface area contributed by atoms with Crippen molar-refractivity contribution in [3.8, 4) is 17.0 Å². The second kappa shape index (κ2) is 7.34. The van der Waals surface area contributed by atoms with Crippen molar-refractivity contribution >= 4 is 49.9 Å². The molecule has 0 unspecified atom stereocenters. The van der Waals surface area contributed by atoms with Gasteiger partial charge in [-0.25, -0.2) is 4.98 Å². The van der Waals surface area contributed by atoms with Crippen LogP contribution in [0.25, 0.3) is 11.3 Å². The monoisotopic (exact) mass is 422 g/mol. The summed E-state index contributed by atoms with van der Waals surface area (Å²) in [6.45, 7) is 0. The van der Waals surface area contributed by atoms with Gasteiger partial charge in [0.05, 0.1) is 23.4 Å². The molecule has 1 aromatic heterocycles. The number of carbonyl (C=O) groups is 1. The lowest BCUT2D eigenvalue weighted by atomic mass is 10.1. The molecular weight excluding hydrogens is 412 g/mol. The molecule has 0 aliphatic heterocycles. The first kappa shape index (κ1) is 17.0. The van der Waals surface area contributed by atoms with Crippen LogP contribution in [0.3, 0.4) is 0 Å². The molecule has 24 heavy (non-hydrogen) atoms. The molecule has 0 fully saturated rings. The van der Waals surface area contributed by atoms with Gasteiger partial charge in [-0.1, -0.05) is 39.7 Å². The van der Waals surface area contributed by atoms with Crippen LogP contribution in [0.15, 0.2) is 52.3 Å². The van der Waals surface area contributed by atoms with E-state index < -0.39 is 0 Å². The maximum atomic E-state index is 12.4. The van der Waals surface area contributed by atoms with Crippen LogP contribution in [0, 0.1) is 0 Å². The molecule has 0 radical (unpaired) electrons. The van der Waals surface area contributed by atoms with Crippen molar-refractivity contribution in [3.05, 3.63) is 62.9 Å². The van der Waals surface area contributed by atoms with E-state index in [9.17, 15) is 4.79 Å². The second-order valence-electron chi connectivity index (χ2n) is 4.82. The highest BCUT2D eigenvalue weighted by molar-refractivity contribution is 9.10. The van der Waals surface area contributed by atoms with Gasteiger partial charge in [-0.05, 0) is 30.3 Å². The Morgan fingerprint density at radius 2 is 2.08 bits per heavy atom. The molecule has 1 N–H and O–H groups in total. The zero-order valence-electron chi connectivity index (χ0n) is 12.5. The van der Waals surface area contributed by atoms with Gasteiger partial charge in [-0.15, -0.1) is 11.3 Å². The highest BCUT2D eigenvalue weighted by atomic mass is 79.9. The summed E-state index contributed by atoms with van der Waals surface area (Å²) in [5, 5.41) is 5.53. The molecule has 0 saturated heterocycles. The lowest BCUT2D eigenvalue weighted by Crippen LogP contribution is -2.12. The molecule has 7 heteroatoms. The molecule has 0 bridgehead atoms. The molecule has 122 valence electrons. The minimum atomic E-state index is -0.303. The van der Waals surface area contributed by atoms with Crippen molar-refractivity contribution < 1.29 is 9.53 Å². The van der Waals surface area contributed by atoms with Crippen molar-refractivity contribution in [3.63, 3.8) is 0 Å². The van der Waals surface area contributed by atoms with Gasteiger partial charge in [-0.2, -0.15) is 0 Å². The number of hydrogen-bond acceptors (Lipinski definition) is 4. The van der Waals surface area contributed by atoms with E-state index in [1.807, 2.05) is 29.6 Å². The standard InChI is InChI=1S/C17H12BrClN2O2S/c1-23-15-5-3-2-4-11(15)14-9-24-17(20-14)21-16(22)12-8-10(18)6-7-13(12)19/h2-9H,1H3,(H,20,21,22). The average Bonchev–Trinajstić information content (AvgIpc) is 3.05. The van der Waals surface area contributed by atoms with Crippen molar-refractivity contribution in [2.24, 2.45) is 0 Å². The molecule has 1 amide bonds. The van der Waals surface area contributed by atoms with Crippen LogP contribution in [-0.4, -0.2) is 18.0 Å². The number of ether oxygens (including phenoxy) is 1. The highest BCUT2D eigenvalue weighted by Crippen LogP contribution is 2.32. The Bertz CT molecular complexity index is 898. The summed E-state index contributed by atoms with van der Waals surface area (Å²) in [5.41, 5.74) is 2.01. The fourth-order valence-corrected chi connectivity index (χ4v) is 3.42. The number of anilines is 1. The smallest absolute Gasteiger partial charge is 0.258 e. The minimum Gasteiger partial charge on any atom is -0.496 e. The van der Waals surface area contributed by atoms with Crippen LogP contribution < -0.4 is 10.1 Å². The number of para-hydroxylation sites is 1. The third-order valence-corrected chi connectivity index (χ3v) is 4.86. The van der Waals surface area contributed by atoms with Gasteiger partial charge in [0, 0.05) is 15.4 Å². The molecule has 4 nitrogen and oxygen atoms in total. The van der Waals surface area contributed by atoms with E-state index >= 15 is 0 Å².